The summed E-state index contributed by atoms with van der Waals surface area (Å²) in [4.78, 5) is 14.0. The molecule has 1 N–H and O–H groups in total. The number of carbonyl (C=O) groups is 1. The zero-order valence-electron chi connectivity index (χ0n) is 18.3. The van der Waals surface area contributed by atoms with Crippen LogP contribution in [0.15, 0.2) is 66.3 Å². The van der Waals surface area contributed by atoms with E-state index in [-0.39, 0.29) is 5.91 Å². The van der Waals surface area contributed by atoms with Crippen molar-refractivity contribution < 1.29 is 19.0 Å². The second-order valence-electron chi connectivity index (χ2n) is 7.15. The molecule has 0 unspecified atom stereocenters. The Hall–Kier alpha value is -3.71. The molecule has 0 bridgehead atoms. The first kappa shape index (κ1) is 21.5. The van der Waals surface area contributed by atoms with E-state index < -0.39 is 0 Å². The van der Waals surface area contributed by atoms with Gasteiger partial charge in [0.25, 0.3) is 5.91 Å². The molecule has 6 nitrogen and oxygen atoms in total. The summed E-state index contributed by atoms with van der Waals surface area (Å²) in [6.45, 7) is 2.06. The number of nitrogens with zero attached hydrogens (tertiary/aromatic N) is 1. The number of hydrogen-bond acceptors (Lipinski definition) is 5. The Morgan fingerprint density at radius 2 is 1.56 bits per heavy atom. The Balaban J connectivity index is 1.74. The largest absolute Gasteiger partial charge is 0.493 e. The van der Waals surface area contributed by atoms with Crippen LogP contribution in [0.2, 0.25) is 0 Å². The molecule has 0 aliphatic heterocycles. The van der Waals surface area contributed by atoms with E-state index in [1.165, 1.54) is 16.9 Å². The summed E-state index contributed by atoms with van der Waals surface area (Å²) < 4.78 is 18.1. The van der Waals surface area contributed by atoms with E-state index in [1.807, 2.05) is 34.5 Å². The molecular formula is C25H24N2O4S. The van der Waals surface area contributed by atoms with Crippen LogP contribution in [-0.2, 0) is 0 Å². The Morgan fingerprint density at radius 1 is 0.938 bits per heavy atom. The molecule has 1 amide bonds. The van der Waals surface area contributed by atoms with Crippen LogP contribution in [-0.4, -0.2) is 31.8 Å². The minimum atomic E-state index is -0.216. The number of methoxy groups -OCH3 is 3. The number of hydrogen-bond donors (Lipinski definition) is 1. The summed E-state index contributed by atoms with van der Waals surface area (Å²) in [5, 5.41) is 5.00. The van der Waals surface area contributed by atoms with Gasteiger partial charge in [-0.15, -0.1) is 11.3 Å². The summed E-state index contributed by atoms with van der Waals surface area (Å²) in [7, 11) is 4.63. The topological polar surface area (TPSA) is 61.7 Å². The smallest absolute Gasteiger partial charge is 0.267 e. The highest BCUT2D eigenvalue weighted by Crippen LogP contribution is 2.41. The van der Waals surface area contributed by atoms with Crippen LogP contribution in [0.5, 0.6) is 17.2 Å². The highest BCUT2D eigenvalue weighted by molar-refractivity contribution is 7.13. The van der Waals surface area contributed by atoms with Gasteiger partial charge in [0.15, 0.2) is 11.5 Å². The predicted molar refractivity (Wildman–Crippen MR) is 128 cm³/mol. The molecule has 164 valence electrons. The minimum Gasteiger partial charge on any atom is -0.493 e. The van der Waals surface area contributed by atoms with E-state index in [2.05, 4.69) is 36.5 Å². The van der Waals surface area contributed by atoms with Crippen LogP contribution in [0.25, 0.3) is 16.8 Å². The quantitative estimate of drug-likeness (QED) is 0.389. The van der Waals surface area contributed by atoms with Gasteiger partial charge in [-0.25, -0.2) is 0 Å². The molecule has 4 rings (SSSR count). The molecule has 0 aliphatic carbocycles. The SMILES string of the molecule is COc1cc(NC(=O)c2scc(-c3ccc(C)cc3)c2-n2cccc2)cc(OC)c1OC. The van der Waals surface area contributed by atoms with Gasteiger partial charge in [0.2, 0.25) is 5.75 Å². The number of benzene rings is 2. The maximum Gasteiger partial charge on any atom is 0.267 e. The minimum absolute atomic E-state index is 0.216. The number of thiophene rings is 1. The Labute approximate surface area is 191 Å². The van der Waals surface area contributed by atoms with E-state index in [4.69, 9.17) is 14.2 Å². The summed E-state index contributed by atoms with van der Waals surface area (Å²) in [5.41, 5.74) is 4.64. The molecule has 0 atom stereocenters. The summed E-state index contributed by atoms with van der Waals surface area (Å²) in [5.74, 6) is 1.20. The van der Waals surface area contributed by atoms with E-state index in [9.17, 15) is 4.79 Å². The number of carbonyl (C=O) groups excluding carboxylic acids is 1. The van der Waals surface area contributed by atoms with E-state index >= 15 is 0 Å². The second-order valence-corrected chi connectivity index (χ2v) is 8.03. The normalized spacial score (nSPS) is 10.6. The fourth-order valence-corrected chi connectivity index (χ4v) is 4.50. The van der Waals surface area contributed by atoms with Gasteiger partial charge in [-0.1, -0.05) is 29.8 Å². The van der Waals surface area contributed by atoms with Crippen molar-refractivity contribution in [3.63, 3.8) is 0 Å². The molecule has 0 spiro atoms. The first-order valence-corrected chi connectivity index (χ1v) is 10.9. The van der Waals surface area contributed by atoms with Gasteiger partial charge in [0.05, 0.1) is 27.0 Å². The summed E-state index contributed by atoms with van der Waals surface area (Å²) in [6, 6.07) is 15.6. The van der Waals surface area contributed by atoms with Gasteiger partial charge in [-0.2, -0.15) is 0 Å². The van der Waals surface area contributed by atoms with Gasteiger partial charge in [0, 0.05) is 41.2 Å². The Bertz CT molecular complexity index is 1200. The monoisotopic (exact) mass is 448 g/mol. The standard InChI is InChI=1S/C25H24N2O4S/c1-16-7-9-17(10-8-16)19-15-32-24(22(19)27-11-5-6-12-27)25(28)26-18-13-20(29-2)23(31-4)21(14-18)30-3/h5-15H,1-4H3,(H,26,28). The highest BCUT2D eigenvalue weighted by Gasteiger charge is 2.22. The van der Waals surface area contributed by atoms with Crippen LogP contribution in [0.1, 0.15) is 15.2 Å². The number of aryl methyl sites for hydroxylation is 1. The maximum atomic E-state index is 13.4. The molecule has 2 heterocycles. The summed E-state index contributed by atoms with van der Waals surface area (Å²) in [6.07, 6.45) is 3.88. The van der Waals surface area contributed by atoms with Crippen LogP contribution in [0.3, 0.4) is 0 Å². The van der Waals surface area contributed by atoms with Crippen LogP contribution in [0.4, 0.5) is 5.69 Å². The van der Waals surface area contributed by atoms with E-state index in [0.29, 0.717) is 27.8 Å². The lowest BCUT2D eigenvalue weighted by molar-refractivity contribution is 0.103. The zero-order valence-corrected chi connectivity index (χ0v) is 19.2. The van der Waals surface area contributed by atoms with Crippen molar-refractivity contribution in [3.05, 3.63) is 76.7 Å². The lowest BCUT2D eigenvalue weighted by Crippen LogP contribution is -2.13. The molecule has 0 fully saturated rings. The Kier molecular flexibility index (Phi) is 6.18. The second kappa shape index (κ2) is 9.20. The third-order valence-corrected chi connectivity index (χ3v) is 6.09. The molecule has 2 aromatic heterocycles. The van der Waals surface area contributed by atoms with Crippen molar-refractivity contribution in [2.75, 3.05) is 26.6 Å². The van der Waals surface area contributed by atoms with Crippen molar-refractivity contribution in [2.24, 2.45) is 0 Å². The predicted octanol–water partition coefficient (Wildman–Crippen LogP) is 5.79. The van der Waals surface area contributed by atoms with Gasteiger partial charge in [0.1, 0.15) is 4.88 Å². The number of anilines is 1. The van der Waals surface area contributed by atoms with E-state index in [0.717, 1.165) is 16.8 Å². The molecule has 0 saturated heterocycles. The van der Waals surface area contributed by atoms with E-state index in [1.54, 1.807) is 33.5 Å². The molecule has 4 aromatic rings. The molecule has 0 aliphatic rings. The summed E-state index contributed by atoms with van der Waals surface area (Å²) >= 11 is 1.41. The number of amides is 1. The number of rotatable bonds is 7. The highest BCUT2D eigenvalue weighted by atomic mass is 32.1. The lowest BCUT2D eigenvalue weighted by atomic mass is 10.0. The molecule has 0 radical (unpaired) electrons. The van der Waals surface area contributed by atoms with Crippen LogP contribution in [0, 0.1) is 6.92 Å². The first-order valence-electron chi connectivity index (χ1n) is 9.99. The van der Waals surface area contributed by atoms with Crippen LogP contribution < -0.4 is 19.5 Å². The van der Waals surface area contributed by atoms with Gasteiger partial charge >= 0.3 is 0 Å². The third-order valence-electron chi connectivity index (χ3n) is 5.12. The average Bonchev–Trinajstić information content (AvgIpc) is 3.48. The van der Waals surface area contributed by atoms with Gasteiger partial charge in [-0.3, -0.25) is 4.79 Å². The lowest BCUT2D eigenvalue weighted by Gasteiger charge is -2.15. The molecular weight excluding hydrogens is 424 g/mol. The average molecular weight is 449 g/mol. The fourth-order valence-electron chi connectivity index (χ4n) is 3.53. The molecule has 0 saturated carbocycles. The Morgan fingerprint density at radius 3 is 2.12 bits per heavy atom. The van der Waals surface area contributed by atoms with Crippen molar-refractivity contribution >= 4 is 22.9 Å². The zero-order chi connectivity index (χ0) is 22.7. The van der Waals surface area contributed by atoms with Crippen molar-refractivity contribution in [3.8, 4) is 34.1 Å². The van der Waals surface area contributed by atoms with Crippen LogP contribution >= 0.6 is 11.3 Å². The number of aromatic nitrogens is 1. The van der Waals surface area contributed by atoms with Crippen molar-refractivity contribution in [1.29, 1.82) is 0 Å². The van der Waals surface area contributed by atoms with Gasteiger partial charge in [-0.05, 0) is 24.6 Å². The molecule has 7 heteroatoms. The number of nitrogens with one attached hydrogen (secondary N) is 1. The first-order chi connectivity index (χ1) is 15.5. The number of ether oxygens (including phenoxy) is 3. The molecule has 32 heavy (non-hydrogen) atoms. The molecule has 2 aromatic carbocycles. The maximum absolute atomic E-state index is 13.4. The van der Waals surface area contributed by atoms with Crippen molar-refractivity contribution in [2.45, 2.75) is 6.92 Å². The van der Waals surface area contributed by atoms with Crippen molar-refractivity contribution in [1.82, 2.24) is 4.57 Å². The van der Waals surface area contributed by atoms with Gasteiger partial charge < -0.3 is 24.1 Å². The third kappa shape index (κ3) is 4.07. The fraction of sp³-hybridized carbons (Fsp3) is 0.160.